The molecule has 0 aliphatic heterocycles. The molecule has 1 aliphatic rings. The Labute approximate surface area is 99.4 Å². The molecule has 1 aromatic heterocycles. The quantitative estimate of drug-likeness (QED) is 0.860. The molecule has 1 N–H and O–H groups in total. The zero-order valence-corrected chi connectivity index (χ0v) is 10.0. The highest BCUT2D eigenvalue weighted by atomic mass is 16.5. The van der Waals surface area contributed by atoms with Crippen molar-refractivity contribution in [3.63, 3.8) is 0 Å². The first-order valence-corrected chi connectivity index (χ1v) is 5.94. The smallest absolute Gasteiger partial charge is 0.251 e. The Morgan fingerprint density at radius 1 is 1.18 bits per heavy atom. The lowest BCUT2D eigenvalue weighted by atomic mass is 10.1. The van der Waals surface area contributed by atoms with E-state index in [1.807, 2.05) is 26.0 Å². The molecule has 3 rings (SSSR count). The van der Waals surface area contributed by atoms with E-state index in [1.54, 1.807) is 0 Å². The number of rotatable bonds is 2. The van der Waals surface area contributed by atoms with Crippen LogP contribution in [0.4, 0.5) is 0 Å². The zero-order valence-electron chi connectivity index (χ0n) is 10.0. The first-order chi connectivity index (χ1) is 8.13. The van der Waals surface area contributed by atoms with E-state index in [-0.39, 0.29) is 5.56 Å². The predicted molar refractivity (Wildman–Crippen MR) is 67.7 cm³/mol. The van der Waals surface area contributed by atoms with E-state index in [4.69, 9.17) is 4.74 Å². The molecule has 2 aromatic rings. The van der Waals surface area contributed by atoms with Gasteiger partial charge < -0.3 is 9.72 Å². The van der Waals surface area contributed by atoms with Gasteiger partial charge in [0.2, 0.25) is 0 Å². The maximum Gasteiger partial charge on any atom is 0.251 e. The number of aromatic amines is 1. The van der Waals surface area contributed by atoms with Gasteiger partial charge in [-0.2, -0.15) is 0 Å². The number of nitrogens with one attached hydrogen (secondary N) is 1. The van der Waals surface area contributed by atoms with E-state index in [9.17, 15) is 4.79 Å². The molecule has 0 unspecified atom stereocenters. The van der Waals surface area contributed by atoms with Crippen molar-refractivity contribution in [1.82, 2.24) is 4.98 Å². The van der Waals surface area contributed by atoms with Crippen LogP contribution in [0.15, 0.2) is 23.0 Å². The molecule has 1 heterocycles. The summed E-state index contributed by atoms with van der Waals surface area (Å²) in [5.74, 6) is 0.888. The van der Waals surface area contributed by atoms with Crippen molar-refractivity contribution in [2.24, 2.45) is 0 Å². The second kappa shape index (κ2) is 3.62. The van der Waals surface area contributed by atoms with Crippen LogP contribution >= 0.6 is 0 Å². The normalized spacial score (nSPS) is 15.2. The molecule has 3 nitrogen and oxygen atoms in total. The highest BCUT2D eigenvalue weighted by Crippen LogP contribution is 2.31. The van der Waals surface area contributed by atoms with Crippen LogP contribution < -0.4 is 10.3 Å². The summed E-state index contributed by atoms with van der Waals surface area (Å²) in [5.41, 5.74) is 2.68. The number of hydrogen-bond donors (Lipinski definition) is 1. The summed E-state index contributed by atoms with van der Waals surface area (Å²) < 4.78 is 5.81. The topological polar surface area (TPSA) is 42.1 Å². The number of aromatic nitrogens is 1. The molecule has 3 heteroatoms. The molecule has 17 heavy (non-hydrogen) atoms. The molecule has 1 aromatic carbocycles. The van der Waals surface area contributed by atoms with Gasteiger partial charge in [0.05, 0.1) is 11.6 Å². The Morgan fingerprint density at radius 2 is 1.88 bits per heavy atom. The Balaban J connectivity index is 2.15. The van der Waals surface area contributed by atoms with Crippen LogP contribution in [0.25, 0.3) is 10.9 Å². The van der Waals surface area contributed by atoms with Crippen LogP contribution in [-0.4, -0.2) is 11.1 Å². The van der Waals surface area contributed by atoms with Crippen molar-refractivity contribution < 1.29 is 4.74 Å². The summed E-state index contributed by atoms with van der Waals surface area (Å²) in [6, 6.07) is 5.92. The van der Waals surface area contributed by atoms with Gasteiger partial charge in [-0.3, -0.25) is 4.79 Å². The molecular weight excluding hydrogens is 214 g/mol. The number of ether oxygens (including phenoxy) is 1. The minimum atomic E-state index is -0.0290. The lowest BCUT2D eigenvalue weighted by Crippen LogP contribution is -2.09. The molecule has 1 saturated carbocycles. The van der Waals surface area contributed by atoms with Crippen molar-refractivity contribution in [3.05, 3.63) is 39.7 Å². The standard InChI is InChI=1S/C14H15NO2/c1-8-5-10-6-9(2)14(16)15-12(10)7-13(8)17-11-3-4-11/h5-7,11H,3-4H2,1-2H3,(H,15,16). The number of pyridine rings is 1. The summed E-state index contributed by atoms with van der Waals surface area (Å²) in [4.78, 5) is 14.5. The fourth-order valence-electron chi connectivity index (χ4n) is 1.95. The van der Waals surface area contributed by atoms with Gasteiger partial charge in [0.15, 0.2) is 0 Å². The van der Waals surface area contributed by atoms with Crippen LogP contribution in [-0.2, 0) is 0 Å². The van der Waals surface area contributed by atoms with E-state index < -0.39 is 0 Å². The van der Waals surface area contributed by atoms with Crippen molar-refractivity contribution in [3.8, 4) is 5.75 Å². The summed E-state index contributed by atoms with van der Waals surface area (Å²) in [5, 5.41) is 1.06. The Kier molecular flexibility index (Phi) is 2.21. The lowest BCUT2D eigenvalue weighted by molar-refractivity contribution is 0.301. The summed E-state index contributed by atoms with van der Waals surface area (Å²) >= 11 is 0. The zero-order chi connectivity index (χ0) is 12.0. The Morgan fingerprint density at radius 3 is 2.59 bits per heavy atom. The third kappa shape index (κ3) is 1.93. The number of fused-ring (bicyclic) bond motifs is 1. The Bertz CT molecular complexity index is 638. The van der Waals surface area contributed by atoms with Crippen LogP contribution in [0.1, 0.15) is 24.0 Å². The molecular formula is C14H15NO2. The first kappa shape index (κ1) is 10.4. The predicted octanol–water partition coefficient (Wildman–Crippen LogP) is 2.69. The monoisotopic (exact) mass is 229 g/mol. The molecule has 0 bridgehead atoms. The van der Waals surface area contributed by atoms with Crippen molar-refractivity contribution in [1.29, 1.82) is 0 Å². The van der Waals surface area contributed by atoms with Gasteiger partial charge in [0.1, 0.15) is 5.75 Å². The number of hydrogen-bond acceptors (Lipinski definition) is 2. The minimum absolute atomic E-state index is 0.0290. The van der Waals surface area contributed by atoms with Gasteiger partial charge in [0, 0.05) is 11.6 Å². The highest BCUT2D eigenvalue weighted by Gasteiger charge is 2.24. The van der Waals surface area contributed by atoms with E-state index in [2.05, 4.69) is 11.1 Å². The van der Waals surface area contributed by atoms with Crippen LogP contribution in [0.2, 0.25) is 0 Å². The maximum atomic E-state index is 11.6. The van der Waals surface area contributed by atoms with Crippen LogP contribution in [0.5, 0.6) is 5.75 Å². The SMILES string of the molecule is Cc1cc2cc(C)c(=O)[nH]c2cc1OC1CC1. The summed E-state index contributed by atoms with van der Waals surface area (Å²) in [6.07, 6.45) is 2.66. The second-order valence-corrected chi connectivity index (χ2v) is 4.80. The molecule has 1 aliphatic carbocycles. The third-order valence-corrected chi connectivity index (χ3v) is 3.14. The molecule has 0 saturated heterocycles. The lowest BCUT2D eigenvalue weighted by Gasteiger charge is -2.09. The molecule has 88 valence electrons. The van der Waals surface area contributed by atoms with Gasteiger partial charge in [-0.15, -0.1) is 0 Å². The molecule has 0 spiro atoms. The summed E-state index contributed by atoms with van der Waals surface area (Å²) in [7, 11) is 0. The highest BCUT2D eigenvalue weighted by molar-refractivity contribution is 5.81. The summed E-state index contributed by atoms with van der Waals surface area (Å²) in [6.45, 7) is 3.86. The third-order valence-electron chi connectivity index (χ3n) is 3.14. The van der Waals surface area contributed by atoms with E-state index in [0.717, 1.165) is 40.6 Å². The fraction of sp³-hybridized carbons (Fsp3) is 0.357. The number of aryl methyl sites for hydroxylation is 2. The average molecular weight is 229 g/mol. The van der Waals surface area contributed by atoms with Crippen molar-refractivity contribution in [2.45, 2.75) is 32.8 Å². The maximum absolute atomic E-state index is 11.6. The van der Waals surface area contributed by atoms with Gasteiger partial charge in [-0.05, 0) is 49.8 Å². The largest absolute Gasteiger partial charge is 0.490 e. The van der Waals surface area contributed by atoms with Crippen molar-refractivity contribution >= 4 is 10.9 Å². The van der Waals surface area contributed by atoms with E-state index in [1.165, 1.54) is 0 Å². The number of H-pyrrole nitrogens is 1. The van der Waals surface area contributed by atoms with E-state index in [0.29, 0.717) is 6.10 Å². The Hall–Kier alpha value is -1.77. The fourth-order valence-corrected chi connectivity index (χ4v) is 1.95. The van der Waals surface area contributed by atoms with Gasteiger partial charge in [-0.1, -0.05) is 0 Å². The van der Waals surface area contributed by atoms with Gasteiger partial charge >= 0.3 is 0 Å². The van der Waals surface area contributed by atoms with Gasteiger partial charge in [-0.25, -0.2) is 0 Å². The van der Waals surface area contributed by atoms with Crippen LogP contribution in [0.3, 0.4) is 0 Å². The molecule has 1 fully saturated rings. The van der Waals surface area contributed by atoms with Crippen molar-refractivity contribution in [2.75, 3.05) is 0 Å². The molecule has 0 radical (unpaired) electrons. The molecule has 0 amide bonds. The molecule has 0 atom stereocenters. The number of benzene rings is 1. The second-order valence-electron chi connectivity index (χ2n) is 4.80. The van der Waals surface area contributed by atoms with Gasteiger partial charge in [0.25, 0.3) is 5.56 Å². The minimum Gasteiger partial charge on any atom is -0.490 e. The average Bonchev–Trinajstić information content (AvgIpc) is 3.06. The van der Waals surface area contributed by atoms with E-state index >= 15 is 0 Å². The van der Waals surface area contributed by atoms with Crippen LogP contribution in [0, 0.1) is 13.8 Å². The first-order valence-electron chi connectivity index (χ1n) is 5.94.